The summed E-state index contributed by atoms with van der Waals surface area (Å²) in [6, 6.07) is 0. The van der Waals surface area contributed by atoms with Gasteiger partial charge in [-0.3, -0.25) is 4.52 Å². The predicted molar refractivity (Wildman–Crippen MR) is 309 cm³/mol. The van der Waals surface area contributed by atoms with Gasteiger partial charge in [-0.2, -0.15) is 0 Å². The number of ether oxygens (including phenoxy) is 5. The molecule has 1 spiro atoms. The van der Waals surface area contributed by atoms with E-state index in [1.807, 2.05) is 34.4 Å². The van der Waals surface area contributed by atoms with Crippen molar-refractivity contribution in [1.82, 2.24) is 5.32 Å². The maximum absolute atomic E-state index is 8.25. The fourth-order valence-electron chi connectivity index (χ4n) is 9.94. The molecule has 20 atom stereocenters. The highest BCUT2D eigenvalue weighted by molar-refractivity contribution is 8.51. The van der Waals surface area contributed by atoms with E-state index in [1.54, 1.807) is 13.1 Å². The van der Waals surface area contributed by atoms with E-state index in [9.17, 15) is 0 Å². The van der Waals surface area contributed by atoms with Gasteiger partial charge in [-0.05, 0) is 108 Å². The molecule has 4 aliphatic heterocycles. The van der Waals surface area contributed by atoms with Crippen molar-refractivity contribution >= 4 is 115 Å². The van der Waals surface area contributed by atoms with Gasteiger partial charge in [-0.15, -0.1) is 0 Å². The minimum atomic E-state index is -3.47. The molecular weight excluding hydrogens is 1060 g/mol. The third-order valence-corrected chi connectivity index (χ3v) is 18.8. The molecule has 16 unspecified atom stereocenters. The van der Waals surface area contributed by atoms with Crippen molar-refractivity contribution in [2.24, 2.45) is 23.7 Å². The SMILES string of the molecule is [2H]B(C)[SiH3].[2H]B(C)[SiH3].[2H][Si](C)([B][3H])OCC1OC(C)CC1OP(=S)(OCC1CC(C)CC1O[3H])O[C@@H]1[C@H]2OC3(CCCC3)O[C@H]2O[C@@H]1CNCC.[2H][Si](C)([B][3H])OCC1OC(C)CC1OP(=S)([S-])OCC1CC(C)CC1O[3H]. The zero-order valence-corrected chi connectivity index (χ0v) is 53.9. The molecule has 28 heteroatoms. The molecule has 3 saturated carbocycles. The lowest BCUT2D eigenvalue weighted by molar-refractivity contribution is -0.228. The second kappa shape index (κ2) is 31.7. The average molecular weight is 1160 g/mol. The van der Waals surface area contributed by atoms with Gasteiger partial charge in [-0.1, -0.05) is 59.3 Å². The fourth-order valence-corrected chi connectivity index (χ4v) is 15.3. The molecule has 4 saturated heterocycles. The molecule has 0 aromatic rings. The van der Waals surface area contributed by atoms with Crippen LogP contribution in [0, 0.1) is 23.7 Å². The van der Waals surface area contributed by atoms with Crippen LogP contribution in [-0.4, -0.2) is 206 Å². The van der Waals surface area contributed by atoms with E-state index >= 15 is 0 Å². The molecule has 0 bridgehead atoms. The number of rotatable bonds is 25. The van der Waals surface area contributed by atoms with Crippen LogP contribution >= 0.6 is 12.4 Å². The second-order valence-electron chi connectivity index (χ2n) is 20.2. The summed E-state index contributed by atoms with van der Waals surface area (Å²) < 4.78 is 133. The quantitative estimate of drug-likeness (QED) is 0.0683. The van der Waals surface area contributed by atoms with Crippen LogP contribution < -0.4 is 5.32 Å². The first kappa shape index (κ1) is 52.9. The summed E-state index contributed by atoms with van der Waals surface area (Å²) in [4.78, 5) is 0. The maximum Gasteiger partial charge on any atom is 0.328 e. The van der Waals surface area contributed by atoms with E-state index in [0.29, 0.717) is 37.8 Å². The van der Waals surface area contributed by atoms with Gasteiger partial charge >= 0.3 is 6.72 Å². The molecule has 404 valence electrons. The molecule has 7 fully saturated rings. The summed E-state index contributed by atoms with van der Waals surface area (Å²) >= 11 is 17.0. The minimum absolute atomic E-state index is 0.0134. The summed E-state index contributed by atoms with van der Waals surface area (Å²) in [5, 5.41) is 13.2. The lowest BCUT2D eigenvalue weighted by atomic mass is 10.1. The van der Waals surface area contributed by atoms with E-state index in [-0.39, 0.29) is 88.1 Å². The number of aliphatic hydroxyl groups excluding tert-OH is 2. The Balaban J connectivity index is 0.000000320. The number of hydrogen-bond donors (Lipinski definition) is 3. The first-order valence-electron chi connectivity index (χ1n) is 29.7. The highest BCUT2D eigenvalue weighted by atomic mass is 32.9. The Labute approximate surface area is 461 Å². The number of fused-ring (bicyclic) bond motifs is 1. The van der Waals surface area contributed by atoms with Crippen LogP contribution in [0.15, 0.2) is 0 Å². The molecule has 7 rings (SSSR count). The Morgan fingerprint density at radius 1 is 0.814 bits per heavy atom. The molecule has 2 radical (unpaired) electrons. The van der Waals surface area contributed by atoms with E-state index in [1.165, 1.54) is 0 Å². The Bertz CT molecular complexity index is 1860. The van der Waals surface area contributed by atoms with Crippen molar-refractivity contribution in [2.75, 3.05) is 39.5 Å². The molecule has 3 N–H and O–H groups in total. The molecule has 7 aliphatic rings. The zero-order chi connectivity index (χ0) is 58.2. The van der Waals surface area contributed by atoms with E-state index < -0.39 is 66.6 Å². The Morgan fingerprint density at radius 3 is 1.83 bits per heavy atom. The van der Waals surface area contributed by atoms with Gasteiger partial charge in [0.25, 0.3) is 0 Å². The van der Waals surface area contributed by atoms with Gasteiger partial charge in [0.05, 0.1) is 68.7 Å². The first-order chi connectivity index (χ1) is 36.5. The number of likely N-dealkylation sites (N-methyl/N-ethyl adjacent to an activating group) is 1. The number of nitrogens with one attached hydrogen (secondary N) is 1. The Morgan fingerprint density at radius 2 is 1.33 bits per heavy atom. The molecular formula is C42H90B4NO14P2S3Si4-. The predicted octanol–water partition coefficient (Wildman–Crippen LogP) is 1.38. The van der Waals surface area contributed by atoms with Crippen molar-refractivity contribution in [3.05, 3.63) is 0 Å². The Hall–Kier alpha value is 2.18. The van der Waals surface area contributed by atoms with Crippen LogP contribution in [0.4, 0.5) is 0 Å². The van der Waals surface area contributed by atoms with Gasteiger partial charge in [0.1, 0.15) is 76.7 Å². The van der Waals surface area contributed by atoms with E-state index in [4.69, 9.17) is 112 Å². The van der Waals surface area contributed by atoms with E-state index in [2.05, 4.69) is 19.2 Å². The van der Waals surface area contributed by atoms with Crippen molar-refractivity contribution in [1.29, 1.82) is 10.7 Å². The van der Waals surface area contributed by atoms with Crippen molar-refractivity contribution in [3.63, 3.8) is 0 Å². The van der Waals surface area contributed by atoms with Crippen molar-refractivity contribution in [3.8, 4) is 0 Å². The molecule has 70 heavy (non-hydrogen) atoms. The third kappa shape index (κ3) is 21.1. The lowest BCUT2D eigenvalue weighted by Crippen LogP contribution is -2.42. The molecule has 0 amide bonds. The lowest BCUT2D eigenvalue weighted by Gasteiger charge is -2.34. The summed E-state index contributed by atoms with van der Waals surface area (Å²) in [5.41, 5.74) is -2.90. The summed E-state index contributed by atoms with van der Waals surface area (Å²) in [7, 11) is -1.68. The molecule has 0 aromatic carbocycles. The summed E-state index contributed by atoms with van der Waals surface area (Å²) in [6.45, 7) is 16.4. The largest absolute Gasteiger partial charge is 0.691 e. The van der Waals surface area contributed by atoms with Gasteiger partial charge in [0, 0.05) is 46.5 Å². The molecule has 15 nitrogen and oxygen atoms in total. The zero-order valence-electron chi connectivity index (χ0n) is 51.7. The Kier molecular flexibility index (Phi) is 23.9. The van der Waals surface area contributed by atoms with Crippen LogP contribution in [0.2, 0.25) is 26.7 Å². The monoisotopic (exact) mass is 1160 g/mol. The average Bonchev–Trinajstić information content (AvgIpc) is 4.26. The summed E-state index contributed by atoms with van der Waals surface area (Å²) in [5.74, 6) is 0.335. The molecule has 4 heterocycles. The van der Waals surface area contributed by atoms with Gasteiger partial charge in [-0.25, -0.2) is 0 Å². The highest BCUT2D eigenvalue weighted by Gasteiger charge is 2.60. The standard InChI is InChI=1S/C26H48BNO9PSSi.C14H29BO5PS2Si.2CH7BSi/c1-5-28-13-21-23(24-25(33-21)35-26(34-24)8-6-7-9-26)37-38(39,30-14-18-10-16(2)11-19(18)29)36-20-12-17(3)32-22(20)15-31-40(4)27;1-9-4-11(12(16)5-9)7-17-21(22,23)20-13-6-10(2)19-14(13)8-18-24(3)15;2*1-2-3/h16-25,27-29,40H,5-15H2,1-4H3;9-16,24H,4-8H2,1-3H3,(H,22,23);2*2H,1,3H3/p-1/t16?,17?,18?,19?,20?,21-,22?,23+,24-,25-,38?,40?;;;/m1.../s1/i27T,29T,40D;15T,16T,24D;2*2D. The first-order valence-corrected chi connectivity index (χ1v) is 38.1. The highest BCUT2D eigenvalue weighted by Crippen LogP contribution is 2.58. The van der Waals surface area contributed by atoms with Gasteiger partial charge in [0.15, 0.2) is 12.1 Å². The van der Waals surface area contributed by atoms with E-state index in [0.717, 1.165) is 92.9 Å². The number of hydrogen-bond acceptors (Lipinski definition) is 18. The number of aliphatic hydroxyl groups is 2. The van der Waals surface area contributed by atoms with Crippen LogP contribution in [0.3, 0.4) is 0 Å². The summed E-state index contributed by atoms with van der Waals surface area (Å²) in [6.07, 6.45) is 4.04. The maximum atomic E-state index is 8.25. The minimum Gasteiger partial charge on any atom is -0.691 e. The van der Waals surface area contributed by atoms with Crippen LogP contribution in [-0.2, 0) is 91.0 Å². The van der Waals surface area contributed by atoms with Gasteiger partial charge in [0.2, 0.25) is 2.86 Å². The topological polar surface area (TPSA) is 163 Å². The van der Waals surface area contributed by atoms with Gasteiger partial charge < -0.3 is 78.4 Å². The van der Waals surface area contributed by atoms with Crippen LogP contribution in [0.25, 0.3) is 0 Å². The van der Waals surface area contributed by atoms with Crippen molar-refractivity contribution < 1.29 is 65.4 Å². The van der Waals surface area contributed by atoms with Crippen LogP contribution in [0.5, 0.6) is 0 Å². The smallest absolute Gasteiger partial charge is 0.328 e. The van der Waals surface area contributed by atoms with Crippen molar-refractivity contribution in [2.45, 2.75) is 205 Å². The third-order valence-electron chi connectivity index (χ3n) is 13.0. The molecule has 0 aromatic heterocycles. The fraction of sp³-hybridized carbons (Fsp3) is 1.00. The molecule has 3 aliphatic carbocycles. The normalized spacial score (nSPS) is 41.3. The second-order valence-corrected chi connectivity index (χ2v) is 33.4. The van der Waals surface area contributed by atoms with Crippen LogP contribution in [0.1, 0.15) is 98.8 Å².